The van der Waals surface area contributed by atoms with Crippen LogP contribution in [0.4, 0.5) is 4.39 Å². The van der Waals surface area contributed by atoms with Gasteiger partial charge in [0, 0.05) is 18.5 Å². The Morgan fingerprint density at radius 1 is 1.44 bits per heavy atom. The molecule has 0 saturated carbocycles. The van der Waals surface area contributed by atoms with Crippen molar-refractivity contribution >= 4 is 10.0 Å². The van der Waals surface area contributed by atoms with Gasteiger partial charge in [-0.1, -0.05) is 18.8 Å². The van der Waals surface area contributed by atoms with Crippen molar-refractivity contribution in [3.05, 3.63) is 29.6 Å². The number of sulfonamides is 1. The Morgan fingerprint density at radius 2 is 2.17 bits per heavy atom. The molecule has 0 heterocycles. The van der Waals surface area contributed by atoms with Crippen molar-refractivity contribution in [2.45, 2.75) is 18.2 Å². The lowest BCUT2D eigenvalue weighted by Gasteiger charge is -2.06. The maximum atomic E-state index is 13.1. The number of aliphatic hydroxyl groups excluding tert-OH is 1. The Balaban J connectivity index is 3.25. The summed E-state index contributed by atoms with van der Waals surface area (Å²) in [5.41, 5.74) is 0.0874. The van der Waals surface area contributed by atoms with E-state index in [1.54, 1.807) is 6.92 Å². The molecule has 4 nitrogen and oxygen atoms in total. The zero-order chi connectivity index (χ0) is 13.6. The number of nitrogens with one attached hydrogen (secondary N) is 1. The second-order valence-corrected chi connectivity index (χ2v) is 5.15. The van der Waals surface area contributed by atoms with E-state index in [1.165, 1.54) is 6.07 Å². The summed E-state index contributed by atoms with van der Waals surface area (Å²) in [6.07, 6.45) is 0.206. The third-order valence-electron chi connectivity index (χ3n) is 2.03. The lowest BCUT2D eigenvalue weighted by Crippen LogP contribution is -2.24. The van der Waals surface area contributed by atoms with E-state index in [9.17, 15) is 12.8 Å². The summed E-state index contributed by atoms with van der Waals surface area (Å²) in [6.45, 7) is 1.76. The minimum Gasteiger partial charge on any atom is -0.395 e. The van der Waals surface area contributed by atoms with E-state index in [0.717, 1.165) is 12.1 Å². The van der Waals surface area contributed by atoms with Crippen LogP contribution >= 0.6 is 0 Å². The van der Waals surface area contributed by atoms with Crippen LogP contribution < -0.4 is 4.72 Å². The highest BCUT2D eigenvalue weighted by Gasteiger charge is 2.17. The number of hydrogen-bond donors (Lipinski definition) is 2. The van der Waals surface area contributed by atoms with Crippen molar-refractivity contribution in [2.24, 2.45) is 0 Å². The molecule has 1 aromatic rings. The van der Waals surface area contributed by atoms with Gasteiger partial charge in [-0.15, -0.1) is 0 Å². The van der Waals surface area contributed by atoms with Crippen LogP contribution in [0.1, 0.15) is 18.9 Å². The van der Waals surface area contributed by atoms with Gasteiger partial charge in [0.2, 0.25) is 10.0 Å². The van der Waals surface area contributed by atoms with Crippen molar-refractivity contribution in [3.8, 4) is 11.8 Å². The molecular formula is C12H14FNO3S. The molecule has 1 aromatic carbocycles. The van der Waals surface area contributed by atoms with Crippen LogP contribution in [0.5, 0.6) is 0 Å². The quantitative estimate of drug-likeness (QED) is 0.798. The fourth-order valence-corrected chi connectivity index (χ4v) is 2.50. The molecule has 98 valence electrons. The summed E-state index contributed by atoms with van der Waals surface area (Å²) >= 11 is 0. The Bertz CT molecular complexity index is 573. The van der Waals surface area contributed by atoms with Gasteiger partial charge >= 0.3 is 0 Å². The summed E-state index contributed by atoms with van der Waals surface area (Å²) in [6, 6.07) is 3.31. The van der Waals surface area contributed by atoms with E-state index < -0.39 is 15.8 Å². The number of benzene rings is 1. The number of halogens is 1. The molecule has 0 aromatic heterocycles. The normalized spacial score (nSPS) is 10.8. The van der Waals surface area contributed by atoms with Gasteiger partial charge in [0.05, 0.1) is 11.5 Å². The van der Waals surface area contributed by atoms with E-state index in [4.69, 9.17) is 5.11 Å². The van der Waals surface area contributed by atoms with Crippen LogP contribution in [0.15, 0.2) is 23.1 Å². The molecule has 0 aliphatic carbocycles. The molecule has 0 spiro atoms. The van der Waals surface area contributed by atoms with Gasteiger partial charge in [-0.2, -0.15) is 0 Å². The van der Waals surface area contributed by atoms with Crippen molar-refractivity contribution in [2.75, 3.05) is 13.2 Å². The summed E-state index contributed by atoms with van der Waals surface area (Å²) in [4.78, 5) is -0.0591. The fourth-order valence-electron chi connectivity index (χ4n) is 1.32. The SMILES string of the molecule is CCNS(=O)(=O)c1ccc(F)cc1C#CCCO. The second kappa shape index (κ2) is 6.50. The largest absolute Gasteiger partial charge is 0.395 e. The summed E-state index contributed by atoms with van der Waals surface area (Å²) in [5.74, 6) is 4.57. The van der Waals surface area contributed by atoms with Crippen LogP contribution in [0, 0.1) is 17.7 Å². The molecular weight excluding hydrogens is 257 g/mol. The van der Waals surface area contributed by atoms with Crippen molar-refractivity contribution in [1.82, 2.24) is 4.72 Å². The molecule has 0 bridgehead atoms. The standard InChI is InChI=1S/C12H14FNO3S/c1-2-14-18(16,17)12-7-6-11(13)9-10(12)5-3-4-8-15/h6-7,9,14-15H,2,4,8H2,1H3. The van der Waals surface area contributed by atoms with Gasteiger partial charge in [-0.3, -0.25) is 0 Å². The zero-order valence-corrected chi connectivity index (χ0v) is 10.7. The highest BCUT2D eigenvalue weighted by atomic mass is 32.2. The number of rotatable bonds is 4. The Kier molecular flexibility index (Phi) is 5.28. The fraction of sp³-hybridized carbons (Fsp3) is 0.333. The molecule has 2 N–H and O–H groups in total. The zero-order valence-electron chi connectivity index (χ0n) is 9.90. The van der Waals surface area contributed by atoms with Gasteiger partial charge in [-0.25, -0.2) is 17.5 Å². The summed E-state index contributed by atoms with van der Waals surface area (Å²) in [7, 11) is -3.68. The molecule has 1 rings (SSSR count). The first-order chi connectivity index (χ1) is 8.51. The van der Waals surface area contributed by atoms with Crippen LogP contribution in [-0.2, 0) is 10.0 Å². The second-order valence-electron chi connectivity index (χ2n) is 3.42. The first-order valence-electron chi connectivity index (χ1n) is 5.40. The molecule has 0 aliphatic heterocycles. The van der Waals surface area contributed by atoms with Crippen LogP contribution in [0.25, 0.3) is 0 Å². The maximum absolute atomic E-state index is 13.1. The van der Waals surface area contributed by atoms with Gasteiger partial charge < -0.3 is 5.11 Å². The smallest absolute Gasteiger partial charge is 0.241 e. The van der Waals surface area contributed by atoms with E-state index >= 15 is 0 Å². The predicted octanol–water partition coefficient (Wildman–Crippen LogP) is 0.858. The molecule has 6 heteroatoms. The van der Waals surface area contributed by atoms with Crippen LogP contribution in [0.2, 0.25) is 0 Å². The third-order valence-corrected chi connectivity index (χ3v) is 3.63. The third kappa shape index (κ3) is 3.81. The van der Waals surface area contributed by atoms with E-state index in [0.29, 0.717) is 0 Å². The molecule has 18 heavy (non-hydrogen) atoms. The molecule has 0 atom stereocenters. The average molecular weight is 271 g/mol. The van der Waals surface area contributed by atoms with Crippen LogP contribution in [-0.4, -0.2) is 26.7 Å². The topological polar surface area (TPSA) is 66.4 Å². The molecule has 0 unspecified atom stereocenters. The maximum Gasteiger partial charge on any atom is 0.241 e. The summed E-state index contributed by atoms with van der Waals surface area (Å²) in [5, 5.41) is 8.61. The van der Waals surface area contributed by atoms with Gasteiger partial charge in [-0.05, 0) is 18.2 Å². The van der Waals surface area contributed by atoms with Crippen molar-refractivity contribution in [1.29, 1.82) is 0 Å². The highest BCUT2D eigenvalue weighted by Crippen LogP contribution is 2.16. The lowest BCUT2D eigenvalue weighted by atomic mass is 10.2. The first kappa shape index (κ1) is 14.6. The average Bonchev–Trinajstić information content (AvgIpc) is 2.29. The number of aliphatic hydroxyl groups is 1. The monoisotopic (exact) mass is 271 g/mol. The molecule has 0 saturated heterocycles. The van der Waals surface area contributed by atoms with Gasteiger partial charge in [0.1, 0.15) is 5.82 Å². The Morgan fingerprint density at radius 3 is 2.78 bits per heavy atom. The Hall–Kier alpha value is -1.42. The van der Waals surface area contributed by atoms with E-state index in [1.807, 2.05) is 0 Å². The van der Waals surface area contributed by atoms with Crippen molar-refractivity contribution < 1.29 is 17.9 Å². The van der Waals surface area contributed by atoms with Gasteiger partial charge in [0.25, 0.3) is 0 Å². The van der Waals surface area contributed by atoms with Gasteiger partial charge in [0.15, 0.2) is 0 Å². The van der Waals surface area contributed by atoms with Crippen molar-refractivity contribution in [3.63, 3.8) is 0 Å². The Labute approximate surface area is 106 Å². The molecule has 0 radical (unpaired) electrons. The molecule has 0 fully saturated rings. The highest BCUT2D eigenvalue weighted by molar-refractivity contribution is 7.89. The number of hydrogen-bond acceptors (Lipinski definition) is 3. The van der Waals surface area contributed by atoms with E-state index in [2.05, 4.69) is 16.6 Å². The predicted molar refractivity (Wildman–Crippen MR) is 65.8 cm³/mol. The molecule has 0 amide bonds. The minimum atomic E-state index is -3.68. The summed E-state index contributed by atoms with van der Waals surface area (Å²) < 4.78 is 39.1. The van der Waals surface area contributed by atoms with Crippen LogP contribution in [0.3, 0.4) is 0 Å². The lowest BCUT2D eigenvalue weighted by molar-refractivity contribution is 0.305. The first-order valence-corrected chi connectivity index (χ1v) is 6.88. The minimum absolute atomic E-state index is 0.0591. The molecule has 0 aliphatic rings. The van der Waals surface area contributed by atoms with E-state index in [-0.39, 0.29) is 30.0 Å².